The number of carboxylic acids is 1. The van der Waals surface area contributed by atoms with Crippen LogP contribution in [0.1, 0.15) is 47.0 Å². The Kier molecular flexibility index (Phi) is 8.79. The van der Waals surface area contributed by atoms with Crippen molar-refractivity contribution in [3.8, 4) is 0 Å². The van der Waals surface area contributed by atoms with Crippen molar-refractivity contribution in [2.24, 2.45) is 5.92 Å². The second-order valence-corrected chi connectivity index (χ2v) is 5.47. The maximum atomic E-state index is 11.9. The summed E-state index contributed by atoms with van der Waals surface area (Å²) < 4.78 is 0. The Bertz CT molecular complexity index is 340. The van der Waals surface area contributed by atoms with Gasteiger partial charge in [-0.2, -0.15) is 0 Å². The largest absolute Gasteiger partial charge is 0.481 e. The summed E-state index contributed by atoms with van der Waals surface area (Å²) in [7, 11) is 0. The van der Waals surface area contributed by atoms with Gasteiger partial charge in [0.1, 0.15) is 0 Å². The lowest BCUT2D eigenvalue weighted by molar-refractivity contribution is -0.138. The van der Waals surface area contributed by atoms with Gasteiger partial charge in [-0.1, -0.05) is 27.7 Å². The van der Waals surface area contributed by atoms with Gasteiger partial charge in [0.2, 0.25) is 5.91 Å². The molecular formula is C14H26N2O4. The van der Waals surface area contributed by atoms with Gasteiger partial charge in [-0.3, -0.25) is 14.4 Å². The molecule has 0 saturated heterocycles. The fourth-order valence-corrected chi connectivity index (χ4v) is 1.70. The molecule has 0 aromatic rings. The molecule has 0 aliphatic rings. The van der Waals surface area contributed by atoms with E-state index < -0.39 is 12.0 Å². The number of Topliss-reactive ketones (excluding diaryl/α,β-unsaturated/α-hetero) is 1. The van der Waals surface area contributed by atoms with Crippen LogP contribution in [0.25, 0.3) is 0 Å². The summed E-state index contributed by atoms with van der Waals surface area (Å²) in [6.45, 7) is 7.97. The highest BCUT2D eigenvalue weighted by atomic mass is 16.4. The molecule has 0 fully saturated rings. The molecule has 6 heteroatoms. The minimum Gasteiger partial charge on any atom is -0.481 e. The summed E-state index contributed by atoms with van der Waals surface area (Å²) in [4.78, 5) is 34.3. The highest BCUT2D eigenvalue weighted by Crippen LogP contribution is 2.06. The average Bonchev–Trinajstić information content (AvgIpc) is 2.32. The maximum Gasteiger partial charge on any atom is 0.303 e. The second-order valence-electron chi connectivity index (χ2n) is 5.47. The van der Waals surface area contributed by atoms with Crippen LogP contribution in [-0.4, -0.2) is 41.4 Å². The number of amides is 1. The zero-order chi connectivity index (χ0) is 15.7. The van der Waals surface area contributed by atoms with Crippen molar-refractivity contribution in [2.75, 3.05) is 6.54 Å². The number of nitrogens with one attached hydrogen (secondary N) is 2. The number of hydrogen-bond donors (Lipinski definition) is 3. The minimum atomic E-state index is -0.970. The molecule has 6 nitrogen and oxygen atoms in total. The zero-order valence-electron chi connectivity index (χ0n) is 12.7. The molecule has 3 N–H and O–H groups in total. The molecular weight excluding hydrogens is 260 g/mol. The van der Waals surface area contributed by atoms with Crippen LogP contribution in [0.2, 0.25) is 0 Å². The number of carbonyl (C=O) groups excluding carboxylic acids is 2. The quantitative estimate of drug-likeness (QED) is 0.556. The van der Waals surface area contributed by atoms with E-state index in [0.717, 1.165) is 0 Å². The highest BCUT2D eigenvalue weighted by Gasteiger charge is 2.23. The van der Waals surface area contributed by atoms with Crippen LogP contribution in [0.4, 0.5) is 0 Å². The summed E-state index contributed by atoms with van der Waals surface area (Å²) in [5, 5.41) is 14.4. The number of ketones is 1. The number of carbonyl (C=O) groups is 3. The van der Waals surface area contributed by atoms with E-state index in [1.807, 2.05) is 13.8 Å². The Morgan fingerprint density at radius 3 is 2.10 bits per heavy atom. The molecule has 0 rings (SSSR count). The van der Waals surface area contributed by atoms with Crippen molar-refractivity contribution in [3.63, 3.8) is 0 Å². The molecule has 0 aliphatic carbocycles. The van der Waals surface area contributed by atoms with Gasteiger partial charge in [-0.25, -0.2) is 0 Å². The van der Waals surface area contributed by atoms with Gasteiger partial charge in [-0.05, 0) is 6.42 Å². The topological polar surface area (TPSA) is 95.5 Å². The summed E-state index contributed by atoms with van der Waals surface area (Å²) in [6.07, 6.45) is 0.274. The van der Waals surface area contributed by atoms with Crippen LogP contribution < -0.4 is 10.6 Å². The fraction of sp³-hybridized carbons (Fsp3) is 0.786. The Morgan fingerprint density at radius 1 is 1.05 bits per heavy atom. The lowest BCUT2D eigenvalue weighted by Gasteiger charge is -2.19. The summed E-state index contributed by atoms with van der Waals surface area (Å²) in [5.74, 6) is -1.57. The monoisotopic (exact) mass is 286 g/mol. The molecule has 1 amide bonds. The van der Waals surface area contributed by atoms with Gasteiger partial charge in [0.05, 0.1) is 6.04 Å². The van der Waals surface area contributed by atoms with Crippen LogP contribution in [0.15, 0.2) is 0 Å². The van der Waals surface area contributed by atoms with E-state index in [-0.39, 0.29) is 36.9 Å². The normalized spacial score (nSPS) is 12.5. The molecule has 116 valence electrons. The number of carboxylic acid groups (broad SMARTS) is 1. The van der Waals surface area contributed by atoms with Gasteiger partial charge in [0.15, 0.2) is 5.78 Å². The van der Waals surface area contributed by atoms with Crippen LogP contribution >= 0.6 is 0 Å². The van der Waals surface area contributed by atoms with Gasteiger partial charge < -0.3 is 15.7 Å². The first-order valence-corrected chi connectivity index (χ1v) is 7.02. The van der Waals surface area contributed by atoms with Crippen molar-refractivity contribution >= 4 is 17.7 Å². The predicted molar refractivity (Wildman–Crippen MR) is 76.4 cm³/mol. The van der Waals surface area contributed by atoms with E-state index in [9.17, 15) is 14.4 Å². The average molecular weight is 286 g/mol. The Morgan fingerprint density at radius 2 is 1.65 bits per heavy atom. The lowest BCUT2D eigenvalue weighted by atomic mass is 9.98. The zero-order valence-corrected chi connectivity index (χ0v) is 12.7. The van der Waals surface area contributed by atoms with Crippen molar-refractivity contribution < 1.29 is 19.5 Å². The second kappa shape index (κ2) is 9.47. The Labute approximate surface area is 120 Å². The predicted octanol–water partition coefficient (Wildman–Crippen LogP) is 0.949. The lowest BCUT2D eigenvalue weighted by Crippen LogP contribution is -2.44. The van der Waals surface area contributed by atoms with E-state index in [2.05, 4.69) is 10.6 Å². The Balaban J connectivity index is 4.36. The van der Waals surface area contributed by atoms with Crippen molar-refractivity contribution in [1.29, 1.82) is 0 Å². The molecule has 0 bridgehead atoms. The molecule has 0 aliphatic heterocycles. The molecule has 0 aromatic carbocycles. The van der Waals surface area contributed by atoms with Gasteiger partial charge in [-0.15, -0.1) is 0 Å². The highest BCUT2D eigenvalue weighted by molar-refractivity contribution is 5.90. The van der Waals surface area contributed by atoms with Gasteiger partial charge in [0.25, 0.3) is 0 Å². The minimum absolute atomic E-state index is 0.128. The molecule has 0 unspecified atom stereocenters. The van der Waals surface area contributed by atoms with Crippen LogP contribution in [0, 0.1) is 5.92 Å². The van der Waals surface area contributed by atoms with Crippen molar-refractivity contribution in [1.82, 2.24) is 10.6 Å². The first-order chi connectivity index (χ1) is 9.23. The Hall–Kier alpha value is -1.43. The van der Waals surface area contributed by atoms with Crippen molar-refractivity contribution in [2.45, 2.75) is 59.0 Å². The van der Waals surface area contributed by atoms with E-state index in [1.165, 1.54) is 0 Å². The third-order valence-electron chi connectivity index (χ3n) is 2.80. The first kappa shape index (κ1) is 18.6. The molecule has 0 spiro atoms. The SMILES string of the molecule is CC(C)NCCC(=O)N[C@H](CCC(=O)O)C(=O)C(C)C. The van der Waals surface area contributed by atoms with Gasteiger partial charge in [0, 0.05) is 31.3 Å². The number of hydrogen-bond acceptors (Lipinski definition) is 4. The molecule has 0 saturated carbocycles. The summed E-state index contributed by atoms with van der Waals surface area (Å²) in [6, 6.07) is -0.416. The third kappa shape index (κ3) is 8.63. The van der Waals surface area contributed by atoms with Crippen LogP contribution in [-0.2, 0) is 14.4 Å². The van der Waals surface area contributed by atoms with Gasteiger partial charge >= 0.3 is 5.97 Å². The molecule has 0 heterocycles. The molecule has 1 atom stereocenters. The fourth-order valence-electron chi connectivity index (χ4n) is 1.70. The number of aliphatic carboxylic acids is 1. The smallest absolute Gasteiger partial charge is 0.303 e. The summed E-state index contributed by atoms with van der Waals surface area (Å²) >= 11 is 0. The van der Waals surface area contributed by atoms with Crippen molar-refractivity contribution in [3.05, 3.63) is 0 Å². The van der Waals surface area contributed by atoms with E-state index in [0.29, 0.717) is 12.6 Å². The first-order valence-electron chi connectivity index (χ1n) is 7.02. The number of rotatable bonds is 10. The van der Waals surface area contributed by atoms with E-state index in [1.54, 1.807) is 13.8 Å². The molecule has 0 aromatic heterocycles. The molecule has 0 radical (unpaired) electrons. The van der Waals surface area contributed by atoms with Crippen LogP contribution in [0.5, 0.6) is 0 Å². The summed E-state index contributed by atoms with van der Waals surface area (Å²) in [5.41, 5.74) is 0. The standard InChI is InChI=1S/C14H26N2O4/c1-9(2)14(20)11(5-6-13(18)19)16-12(17)7-8-15-10(3)4/h9-11,15H,5-8H2,1-4H3,(H,16,17)(H,18,19)/t11-/m1/s1. The third-order valence-corrected chi connectivity index (χ3v) is 2.80. The van der Waals surface area contributed by atoms with E-state index >= 15 is 0 Å². The maximum absolute atomic E-state index is 11.9. The van der Waals surface area contributed by atoms with Crippen LogP contribution in [0.3, 0.4) is 0 Å². The molecule has 20 heavy (non-hydrogen) atoms. The van der Waals surface area contributed by atoms with E-state index in [4.69, 9.17) is 5.11 Å².